The summed E-state index contributed by atoms with van der Waals surface area (Å²) in [6.07, 6.45) is 7.70. The van der Waals surface area contributed by atoms with Gasteiger partial charge in [0.2, 0.25) is 0 Å². The van der Waals surface area contributed by atoms with Crippen LogP contribution in [0.15, 0.2) is 102 Å². The molecule has 0 aliphatic heterocycles. The lowest BCUT2D eigenvalue weighted by Gasteiger charge is -2.23. The maximum atomic E-state index is 4.49. The molecule has 40 heavy (non-hydrogen) atoms. The molecule has 5 rings (SSSR count). The number of hydrogen-bond acceptors (Lipinski definition) is 1. The standard InChI is InChI=1S/C39H41N/c1-8-9-19-40-20-18-29-14-15-30(22-27(29)4)31-16-17-32(21-26(2)3)35(24-31)34-25-36-33-12-10-11-13-37(33)39(6,7)38(36)23-28(34)5/h8-17,19,22-25H,2,18,20-21H2,1,3-7H3/b9-8-,40-19?. The molecule has 1 aliphatic carbocycles. The van der Waals surface area contributed by atoms with Gasteiger partial charge >= 0.3 is 0 Å². The summed E-state index contributed by atoms with van der Waals surface area (Å²) in [5.74, 6) is 0. The van der Waals surface area contributed by atoms with Gasteiger partial charge in [0, 0.05) is 18.2 Å². The van der Waals surface area contributed by atoms with Crippen LogP contribution in [0.5, 0.6) is 0 Å². The Labute approximate surface area is 241 Å². The zero-order valence-electron chi connectivity index (χ0n) is 24.9. The van der Waals surface area contributed by atoms with E-state index in [0.29, 0.717) is 0 Å². The summed E-state index contributed by atoms with van der Waals surface area (Å²) in [7, 11) is 0. The molecule has 0 spiro atoms. The molecule has 0 aromatic heterocycles. The van der Waals surface area contributed by atoms with E-state index in [1.165, 1.54) is 72.3 Å². The third-order valence-electron chi connectivity index (χ3n) is 8.39. The first-order valence-corrected chi connectivity index (χ1v) is 14.4. The summed E-state index contributed by atoms with van der Waals surface area (Å²) >= 11 is 0. The highest BCUT2D eigenvalue weighted by Gasteiger charge is 2.35. The first-order valence-electron chi connectivity index (χ1n) is 14.4. The number of rotatable bonds is 8. The number of aliphatic imine (C=N–C) groups is 1. The van der Waals surface area contributed by atoms with Crippen molar-refractivity contribution in [2.24, 2.45) is 4.99 Å². The summed E-state index contributed by atoms with van der Waals surface area (Å²) < 4.78 is 0. The van der Waals surface area contributed by atoms with Crippen molar-refractivity contribution in [2.75, 3.05) is 6.54 Å². The molecule has 0 radical (unpaired) electrons. The van der Waals surface area contributed by atoms with Gasteiger partial charge in [0.1, 0.15) is 0 Å². The van der Waals surface area contributed by atoms with Gasteiger partial charge < -0.3 is 0 Å². The molecule has 4 aromatic carbocycles. The Morgan fingerprint density at radius 1 is 0.775 bits per heavy atom. The molecule has 0 amide bonds. The fourth-order valence-corrected chi connectivity index (χ4v) is 6.19. The van der Waals surface area contributed by atoms with E-state index in [9.17, 15) is 0 Å². The minimum absolute atomic E-state index is 0.00881. The van der Waals surface area contributed by atoms with Gasteiger partial charge in [-0.1, -0.05) is 92.7 Å². The highest BCUT2D eigenvalue weighted by atomic mass is 14.7. The zero-order chi connectivity index (χ0) is 28.4. The van der Waals surface area contributed by atoms with Crippen LogP contribution in [0.3, 0.4) is 0 Å². The van der Waals surface area contributed by atoms with Crippen molar-refractivity contribution in [1.82, 2.24) is 0 Å². The molecule has 0 heterocycles. The molecule has 1 heteroatoms. The Kier molecular flexibility index (Phi) is 7.76. The highest BCUT2D eigenvalue weighted by molar-refractivity contribution is 5.87. The molecule has 0 saturated carbocycles. The summed E-state index contributed by atoms with van der Waals surface area (Å²) in [6.45, 7) is 18.4. The van der Waals surface area contributed by atoms with Gasteiger partial charge in [-0.05, 0) is 126 Å². The van der Waals surface area contributed by atoms with Crippen LogP contribution in [0.2, 0.25) is 0 Å². The highest BCUT2D eigenvalue weighted by Crippen LogP contribution is 2.50. The molecule has 0 unspecified atom stereocenters. The number of aryl methyl sites for hydroxylation is 2. The number of hydrogen-bond donors (Lipinski definition) is 0. The van der Waals surface area contributed by atoms with E-state index >= 15 is 0 Å². The maximum absolute atomic E-state index is 4.49. The smallest absolute Gasteiger partial charge is 0.0429 e. The Morgan fingerprint density at radius 3 is 2.23 bits per heavy atom. The predicted molar refractivity (Wildman–Crippen MR) is 175 cm³/mol. The summed E-state index contributed by atoms with van der Waals surface area (Å²) in [5, 5.41) is 0. The van der Waals surface area contributed by atoms with Crippen LogP contribution >= 0.6 is 0 Å². The third kappa shape index (κ3) is 5.26. The van der Waals surface area contributed by atoms with Crippen molar-refractivity contribution in [3.8, 4) is 33.4 Å². The Bertz CT molecular complexity index is 1640. The van der Waals surface area contributed by atoms with Crippen LogP contribution in [0.4, 0.5) is 0 Å². The predicted octanol–water partition coefficient (Wildman–Crippen LogP) is 10.3. The van der Waals surface area contributed by atoms with Gasteiger partial charge in [-0.2, -0.15) is 0 Å². The van der Waals surface area contributed by atoms with Crippen molar-refractivity contribution in [3.05, 3.63) is 130 Å². The van der Waals surface area contributed by atoms with Crippen molar-refractivity contribution in [1.29, 1.82) is 0 Å². The summed E-state index contributed by atoms with van der Waals surface area (Å²) in [4.78, 5) is 4.49. The monoisotopic (exact) mass is 523 g/mol. The minimum Gasteiger partial charge on any atom is -0.293 e. The molecule has 1 aliphatic rings. The fraction of sp³-hybridized carbons (Fsp3) is 0.256. The Morgan fingerprint density at radius 2 is 1.50 bits per heavy atom. The third-order valence-corrected chi connectivity index (χ3v) is 8.39. The topological polar surface area (TPSA) is 12.4 Å². The van der Waals surface area contributed by atoms with E-state index in [-0.39, 0.29) is 5.41 Å². The number of benzene rings is 4. The van der Waals surface area contributed by atoms with E-state index in [1.807, 2.05) is 25.3 Å². The summed E-state index contributed by atoms with van der Waals surface area (Å²) in [5.41, 5.74) is 17.2. The number of nitrogens with zero attached hydrogens (tertiary/aromatic N) is 1. The molecule has 0 saturated heterocycles. The molecule has 0 atom stereocenters. The molecule has 202 valence electrons. The average molecular weight is 524 g/mol. The lowest BCUT2D eigenvalue weighted by molar-refractivity contribution is 0.660. The van der Waals surface area contributed by atoms with Gasteiger partial charge in [0.25, 0.3) is 0 Å². The van der Waals surface area contributed by atoms with Crippen LogP contribution in [-0.4, -0.2) is 12.8 Å². The SMILES string of the molecule is C=C(C)Cc1ccc(-c2ccc(CCN=C/C=C\C)c(C)c2)cc1-c1cc2c(cc1C)C(C)(C)c1ccccc1-2. The van der Waals surface area contributed by atoms with Gasteiger partial charge in [-0.15, -0.1) is 0 Å². The lowest BCUT2D eigenvalue weighted by Crippen LogP contribution is -2.15. The molecule has 0 fully saturated rings. The first-order chi connectivity index (χ1) is 19.2. The number of fused-ring (bicyclic) bond motifs is 3. The Hall–Kier alpha value is -3.97. The second-order valence-electron chi connectivity index (χ2n) is 11.9. The van der Waals surface area contributed by atoms with E-state index in [2.05, 4.69) is 119 Å². The largest absolute Gasteiger partial charge is 0.293 e. The van der Waals surface area contributed by atoms with Gasteiger partial charge in [-0.25, -0.2) is 0 Å². The van der Waals surface area contributed by atoms with Crippen LogP contribution in [0, 0.1) is 13.8 Å². The quantitative estimate of drug-likeness (QED) is 0.161. The normalized spacial score (nSPS) is 13.7. The van der Waals surface area contributed by atoms with E-state index in [4.69, 9.17) is 0 Å². The van der Waals surface area contributed by atoms with Gasteiger partial charge in [0.05, 0.1) is 0 Å². The van der Waals surface area contributed by atoms with E-state index < -0.39 is 0 Å². The van der Waals surface area contributed by atoms with Crippen LogP contribution in [0.25, 0.3) is 33.4 Å². The van der Waals surface area contributed by atoms with Crippen molar-refractivity contribution >= 4 is 6.21 Å². The molecule has 0 bridgehead atoms. The molecule has 1 nitrogen and oxygen atoms in total. The molecule has 0 N–H and O–H groups in total. The van der Waals surface area contributed by atoms with Crippen LogP contribution in [0.1, 0.15) is 61.1 Å². The molecule has 4 aromatic rings. The molecular weight excluding hydrogens is 482 g/mol. The van der Waals surface area contributed by atoms with Crippen LogP contribution in [-0.2, 0) is 18.3 Å². The minimum atomic E-state index is 0.00881. The van der Waals surface area contributed by atoms with Crippen molar-refractivity contribution in [2.45, 2.75) is 59.8 Å². The second kappa shape index (κ2) is 11.3. The first kappa shape index (κ1) is 27.6. The van der Waals surface area contributed by atoms with Crippen molar-refractivity contribution < 1.29 is 0 Å². The second-order valence-corrected chi connectivity index (χ2v) is 11.9. The summed E-state index contributed by atoms with van der Waals surface area (Å²) in [6, 6.07) is 27.6. The maximum Gasteiger partial charge on any atom is 0.0429 e. The molecular formula is C39H41N. The zero-order valence-corrected chi connectivity index (χ0v) is 24.9. The van der Waals surface area contributed by atoms with Gasteiger partial charge in [-0.3, -0.25) is 4.99 Å². The van der Waals surface area contributed by atoms with Crippen molar-refractivity contribution in [3.63, 3.8) is 0 Å². The van der Waals surface area contributed by atoms with E-state index in [1.54, 1.807) is 0 Å². The Balaban J connectivity index is 1.57. The van der Waals surface area contributed by atoms with Crippen LogP contribution < -0.4 is 0 Å². The number of allylic oxidation sites excluding steroid dienone is 3. The van der Waals surface area contributed by atoms with E-state index in [0.717, 1.165) is 19.4 Å². The lowest BCUT2D eigenvalue weighted by atomic mass is 9.81. The average Bonchev–Trinajstić information content (AvgIpc) is 3.15. The van der Waals surface area contributed by atoms with Gasteiger partial charge in [0.15, 0.2) is 0 Å². The fourth-order valence-electron chi connectivity index (χ4n) is 6.19.